The van der Waals surface area contributed by atoms with Gasteiger partial charge >= 0.3 is 5.97 Å². The van der Waals surface area contributed by atoms with Crippen molar-refractivity contribution in [1.29, 1.82) is 0 Å². The molecule has 1 atom stereocenters. The zero-order valence-electron chi connectivity index (χ0n) is 10.7. The highest BCUT2D eigenvalue weighted by molar-refractivity contribution is 5.68. The van der Waals surface area contributed by atoms with Crippen LogP contribution >= 0.6 is 0 Å². The van der Waals surface area contributed by atoms with Gasteiger partial charge in [-0.2, -0.15) is 0 Å². The van der Waals surface area contributed by atoms with Gasteiger partial charge in [-0.1, -0.05) is 26.0 Å². The third-order valence-electron chi connectivity index (χ3n) is 3.27. The molecule has 0 spiro atoms. The van der Waals surface area contributed by atoms with E-state index in [9.17, 15) is 14.3 Å². The fraction of sp³-hybridized carbons (Fsp3) is 0.500. The molecule has 0 bridgehead atoms. The summed E-state index contributed by atoms with van der Waals surface area (Å²) in [6.07, 6.45) is 0.472. The van der Waals surface area contributed by atoms with Crippen LogP contribution in [-0.4, -0.2) is 21.8 Å². The second-order valence-electron chi connectivity index (χ2n) is 4.96. The highest BCUT2D eigenvalue weighted by atomic mass is 19.1. The van der Waals surface area contributed by atoms with Crippen molar-refractivity contribution in [1.82, 2.24) is 0 Å². The summed E-state index contributed by atoms with van der Waals surface area (Å²) >= 11 is 0. The molecule has 0 saturated carbocycles. The molecule has 1 unspecified atom stereocenters. The van der Waals surface area contributed by atoms with Crippen LogP contribution in [-0.2, 0) is 11.2 Å². The molecule has 2 N–H and O–H groups in total. The van der Waals surface area contributed by atoms with E-state index >= 15 is 0 Å². The van der Waals surface area contributed by atoms with Crippen LogP contribution in [0.2, 0.25) is 0 Å². The third kappa shape index (κ3) is 4.11. The minimum atomic E-state index is -1.25. The predicted octanol–water partition coefficient (Wildman–Crippen LogP) is 2.62. The topological polar surface area (TPSA) is 57.5 Å². The molecule has 0 aromatic heterocycles. The molecular weight excluding hydrogens is 235 g/mol. The molecule has 0 amide bonds. The Balaban J connectivity index is 2.71. The van der Waals surface area contributed by atoms with Gasteiger partial charge in [-0.25, -0.2) is 4.39 Å². The minimum absolute atomic E-state index is 0.165. The first-order chi connectivity index (χ1) is 8.33. The minimum Gasteiger partial charge on any atom is -0.481 e. The first kappa shape index (κ1) is 14.6. The highest BCUT2D eigenvalue weighted by Crippen LogP contribution is 2.27. The van der Waals surface area contributed by atoms with Gasteiger partial charge in [0.25, 0.3) is 0 Å². The van der Waals surface area contributed by atoms with E-state index in [2.05, 4.69) is 0 Å². The average Bonchev–Trinajstić information content (AvgIpc) is 2.25. The number of benzene rings is 1. The molecule has 0 fully saturated rings. The molecule has 1 aromatic carbocycles. The maximum atomic E-state index is 13.0. The molecular formula is C14H19FO3. The van der Waals surface area contributed by atoms with Crippen LogP contribution < -0.4 is 0 Å². The fourth-order valence-corrected chi connectivity index (χ4v) is 1.90. The lowest BCUT2D eigenvalue weighted by atomic mass is 9.82. The summed E-state index contributed by atoms with van der Waals surface area (Å²) in [6, 6.07) is 6.14. The number of hydrogen-bond acceptors (Lipinski definition) is 2. The Morgan fingerprint density at radius 1 is 1.44 bits per heavy atom. The number of hydrogen-bond donors (Lipinski definition) is 2. The van der Waals surface area contributed by atoms with Crippen LogP contribution in [0, 0.1) is 11.7 Å². The number of rotatable bonds is 6. The molecule has 4 heteroatoms. The van der Waals surface area contributed by atoms with Crippen LogP contribution in [0.1, 0.15) is 32.3 Å². The molecule has 1 aromatic rings. The van der Waals surface area contributed by atoms with Crippen LogP contribution in [0.15, 0.2) is 24.3 Å². The number of carbonyl (C=O) groups is 1. The van der Waals surface area contributed by atoms with Gasteiger partial charge < -0.3 is 10.2 Å². The average molecular weight is 254 g/mol. The van der Waals surface area contributed by atoms with Crippen molar-refractivity contribution in [3.63, 3.8) is 0 Å². The van der Waals surface area contributed by atoms with Crippen molar-refractivity contribution in [2.24, 2.45) is 5.92 Å². The zero-order valence-corrected chi connectivity index (χ0v) is 10.7. The summed E-state index contributed by atoms with van der Waals surface area (Å²) in [6.45, 7) is 3.57. The van der Waals surface area contributed by atoms with E-state index in [-0.39, 0.29) is 18.2 Å². The largest absolute Gasteiger partial charge is 0.481 e. The van der Waals surface area contributed by atoms with Crippen molar-refractivity contribution in [2.75, 3.05) is 0 Å². The summed E-state index contributed by atoms with van der Waals surface area (Å²) in [5.74, 6) is -1.51. The molecule has 1 rings (SSSR count). The number of halogens is 1. The Hall–Kier alpha value is -1.42. The summed E-state index contributed by atoms with van der Waals surface area (Å²) in [5.41, 5.74) is -0.488. The molecule has 0 saturated heterocycles. The number of aliphatic carboxylic acids is 1. The van der Waals surface area contributed by atoms with Crippen LogP contribution in [0.3, 0.4) is 0 Å². The van der Waals surface area contributed by atoms with E-state index in [1.54, 1.807) is 26.0 Å². The number of carboxylic acids is 1. The maximum absolute atomic E-state index is 13.0. The van der Waals surface area contributed by atoms with Gasteiger partial charge in [-0.05, 0) is 36.5 Å². The Labute approximate surface area is 106 Å². The van der Waals surface area contributed by atoms with Gasteiger partial charge in [0.15, 0.2) is 0 Å². The van der Waals surface area contributed by atoms with Gasteiger partial charge in [0.05, 0.1) is 12.0 Å². The Morgan fingerprint density at radius 3 is 2.61 bits per heavy atom. The number of carboxylic acid groups (broad SMARTS) is 1. The lowest BCUT2D eigenvalue weighted by Gasteiger charge is -2.30. The molecule has 0 aliphatic rings. The van der Waals surface area contributed by atoms with E-state index in [0.717, 1.165) is 5.56 Å². The summed E-state index contributed by atoms with van der Waals surface area (Å²) < 4.78 is 13.0. The number of aryl methyl sites for hydroxylation is 1. The quantitative estimate of drug-likeness (QED) is 0.820. The van der Waals surface area contributed by atoms with E-state index in [0.29, 0.717) is 12.8 Å². The third-order valence-corrected chi connectivity index (χ3v) is 3.27. The second-order valence-corrected chi connectivity index (χ2v) is 4.96. The highest BCUT2D eigenvalue weighted by Gasteiger charge is 2.33. The normalized spacial score (nSPS) is 14.5. The monoisotopic (exact) mass is 254 g/mol. The van der Waals surface area contributed by atoms with E-state index in [1.165, 1.54) is 12.1 Å². The summed E-state index contributed by atoms with van der Waals surface area (Å²) in [4.78, 5) is 10.8. The van der Waals surface area contributed by atoms with E-state index < -0.39 is 11.6 Å². The molecule has 0 aliphatic heterocycles. The lowest BCUT2D eigenvalue weighted by Crippen LogP contribution is -2.38. The van der Waals surface area contributed by atoms with Crippen molar-refractivity contribution >= 4 is 5.97 Å². The van der Waals surface area contributed by atoms with E-state index in [1.807, 2.05) is 0 Å². The zero-order chi connectivity index (χ0) is 13.8. The first-order valence-corrected chi connectivity index (χ1v) is 6.02. The standard InChI is InChI=1S/C14H19FO3/c1-10(2)14(18,9-13(16)17)7-6-11-4-3-5-12(15)8-11/h3-5,8,10,18H,6-7,9H2,1-2H3,(H,16,17). The van der Waals surface area contributed by atoms with Gasteiger partial charge in [-0.15, -0.1) is 0 Å². The van der Waals surface area contributed by atoms with Gasteiger partial charge in [-0.3, -0.25) is 4.79 Å². The molecule has 100 valence electrons. The number of aliphatic hydroxyl groups is 1. The molecule has 0 radical (unpaired) electrons. The van der Waals surface area contributed by atoms with Crippen molar-refractivity contribution < 1.29 is 19.4 Å². The smallest absolute Gasteiger partial charge is 0.306 e. The van der Waals surface area contributed by atoms with Gasteiger partial charge in [0.2, 0.25) is 0 Å². The maximum Gasteiger partial charge on any atom is 0.306 e. The van der Waals surface area contributed by atoms with Crippen molar-refractivity contribution in [2.45, 2.75) is 38.7 Å². The van der Waals surface area contributed by atoms with Crippen molar-refractivity contribution in [3.05, 3.63) is 35.6 Å². The Kier molecular flexibility index (Phi) is 4.84. The Bertz CT molecular complexity index is 417. The van der Waals surface area contributed by atoms with Gasteiger partial charge in [0, 0.05) is 0 Å². The van der Waals surface area contributed by atoms with E-state index in [4.69, 9.17) is 5.11 Å². The van der Waals surface area contributed by atoms with Crippen LogP contribution in [0.5, 0.6) is 0 Å². The molecule has 18 heavy (non-hydrogen) atoms. The fourth-order valence-electron chi connectivity index (χ4n) is 1.90. The van der Waals surface area contributed by atoms with Crippen LogP contribution in [0.4, 0.5) is 4.39 Å². The Morgan fingerprint density at radius 2 is 2.11 bits per heavy atom. The molecule has 0 heterocycles. The SMILES string of the molecule is CC(C)C(O)(CCc1cccc(F)c1)CC(=O)O. The summed E-state index contributed by atoms with van der Waals surface area (Å²) in [5, 5.41) is 19.1. The first-order valence-electron chi connectivity index (χ1n) is 6.02. The molecule has 3 nitrogen and oxygen atoms in total. The van der Waals surface area contributed by atoms with Gasteiger partial charge in [0.1, 0.15) is 5.82 Å². The van der Waals surface area contributed by atoms with Crippen LogP contribution in [0.25, 0.3) is 0 Å². The lowest BCUT2D eigenvalue weighted by molar-refractivity contribution is -0.145. The molecule has 0 aliphatic carbocycles. The summed E-state index contributed by atoms with van der Waals surface area (Å²) in [7, 11) is 0. The van der Waals surface area contributed by atoms with Crippen molar-refractivity contribution in [3.8, 4) is 0 Å². The second kappa shape index (κ2) is 5.96. The predicted molar refractivity (Wildman–Crippen MR) is 66.8 cm³/mol.